The number of hydrogen-bond acceptors (Lipinski definition) is 5. The number of sulfonamides is 1. The van der Waals surface area contributed by atoms with Gasteiger partial charge in [-0.2, -0.15) is 0 Å². The normalized spacial score (nSPS) is 10.9. The second kappa shape index (κ2) is 5.84. The fraction of sp³-hybridized carbons (Fsp3) is 0.0714. The molecule has 1 N–H and O–H groups in total. The van der Waals surface area contributed by atoms with E-state index in [1.807, 2.05) is 0 Å². The van der Waals surface area contributed by atoms with Crippen LogP contribution in [0.5, 0.6) is 0 Å². The minimum absolute atomic E-state index is 0.173. The van der Waals surface area contributed by atoms with Crippen molar-refractivity contribution in [1.29, 1.82) is 0 Å². The molecule has 0 atom stereocenters. The predicted octanol–water partition coefficient (Wildman–Crippen LogP) is 3.09. The van der Waals surface area contributed by atoms with Crippen molar-refractivity contribution in [1.82, 2.24) is 0 Å². The van der Waals surface area contributed by atoms with E-state index in [4.69, 9.17) is 0 Å². The molecule has 2 aromatic rings. The first-order chi connectivity index (χ1) is 9.94. The van der Waals surface area contributed by atoms with Crippen LogP contribution in [0.4, 0.5) is 11.4 Å². The molecular weight excluding hydrogens is 292 g/mol. The van der Waals surface area contributed by atoms with Crippen molar-refractivity contribution in [3.05, 3.63) is 59.0 Å². The van der Waals surface area contributed by atoms with Crippen molar-refractivity contribution in [2.24, 2.45) is 5.18 Å². The van der Waals surface area contributed by atoms with Crippen LogP contribution in [0.15, 0.2) is 58.6 Å². The molecule has 0 radical (unpaired) electrons. The lowest BCUT2D eigenvalue weighted by Crippen LogP contribution is -2.13. The summed E-state index contributed by atoms with van der Waals surface area (Å²) in [7, 11) is -3.95. The number of Topliss-reactive ketones (excluding diaryl/α,β-unsaturated/α-hetero) is 1. The van der Waals surface area contributed by atoms with Gasteiger partial charge in [0.15, 0.2) is 5.78 Å². The van der Waals surface area contributed by atoms with Crippen LogP contribution in [0.3, 0.4) is 0 Å². The molecule has 0 saturated heterocycles. The molecular formula is C14H12N2O4S. The first kappa shape index (κ1) is 14.9. The summed E-state index contributed by atoms with van der Waals surface area (Å²) in [5, 5.41) is 2.70. The molecule has 0 aliphatic heterocycles. The molecule has 0 amide bonds. The average molecular weight is 304 g/mol. The Morgan fingerprint density at radius 3 is 2.48 bits per heavy atom. The van der Waals surface area contributed by atoms with Crippen LogP contribution in [0.1, 0.15) is 17.3 Å². The van der Waals surface area contributed by atoms with Crippen LogP contribution in [-0.4, -0.2) is 14.2 Å². The smallest absolute Gasteiger partial charge is 0.264 e. The highest BCUT2D eigenvalue weighted by molar-refractivity contribution is 7.92. The van der Waals surface area contributed by atoms with Crippen molar-refractivity contribution in [3.8, 4) is 0 Å². The highest BCUT2D eigenvalue weighted by Gasteiger charge is 2.19. The van der Waals surface area contributed by atoms with Crippen LogP contribution >= 0.6 is 0 Å². The molecule has 0 fully saturated rings. The number of hydrogen-bond donors (Lipinski definition) is 1. The molecule has 0 saturated carbocycles. The van der Waals surface area contributed by atoms with E-state index >= 15 is 0 Å². The minimum atomic E-state index is -3.95. The van der Waals surface area contributed by atoms with Crippen molar-refractivity contribution in [2.45, 2.75) is 11.8 Å². The zero-order chi connectivity index (χ0) is 15.5. The van der Waals surface area contributed by atoms with Crippen molar-refractivity contribution < 1.29 is 13.2 Å². The van der Waals surface area contributed by atoms with Gasteiger partial charge in [-0.05, 0) is 36.4 Å². The summed E-state index contributed by atoms with van der Waals surface area (Å²) < 4.78 is 26.9. The fourth-order valence-electron chi connectivity index (χ4n) is 1.77. The van der Waals surface area contributed by atoms with Crippen LogP contribution in [0, 0.1) is 4.91 Å². The highest BCUT2D eigenvalue weighted by Crippen LogP contribution is 2.25. The topological polar surface area (TPSA) is 92.7 Å². The number of carbonyl (C=O) groups excluding carboxylic acids is 1. The molecule has 7 heteroatoms. The number of nitroso groups, excluding NO2 is 1. The molecule has 0 spiro atoms. The first-order valence-electron chi connectivity index (χ1n) is 6.00. The van der Waals surface area contributed by atoms with Gasteiger partial charge in [0.25, 0.3) is 10.0 Å². The standard InChI is InChI=1S/C14H12N2O4S/c1-10(17)11-5-4-6-12(9-11)16-21(19,20)14-8-3-2-7-13(14)15-18/h2-9,16H,1H3. The van der Waals surface area contributed by atoms with E-state index in [1.165, 1.54) is 43.3 Å². The van der Waals surface area contributed by atoms with Crippen molar-refractivity contribution in [2.75, 3.05) is 4.72 Å². The lowest BCUT2D eigenvalue weighted by molar-refractivity contribution is 0.101. The summed E-state index contributed by atoms with van der Waals surface area (Å²) in [6.45, 7) is 1.39. The summed E-state index contributed by atoms with van der Waals surface area (Å²) >= 11 is 0. The van der Waals surface area contributed by atoms with Crippen LogP contribution < -0.4 is 4.72 Å². The maximum absolute atomic E-state index is 12.3. The van der Waals surface area contributed by atoms with Gasteiger partial charge in [-0.1, -0.05) is 24.3 Å². The van der Waals surface area contributed by atoms with E-state index in [-0.39, 0.29) is 22.1 Å². The SMILES string of the molecule is CC(=O)c1cccc(NS(=O)(=O)c2ccccc2N=O)c1. The minimum Gasteiger partial charge on any atom is -0.295 e. The summed E-state index contributed by atoms with van der Waals surface area (Å²) in [6.07, 6.45) is 0. The van der Waals surface area contributed by atoms with Crippen molar-refractivity contribution >= 4 is 27.2 Å². The second-order valence-corrected chi connectivity index (χ2v) is 5.95. The first-order valence-corrected chi connectivity index (χ1v) is 7.48. The molecule has 0 bridgehead atoms. The molecule has 108 valence electrons. The number of benzene rings is 2. The molecule has 0 aliphatic carbocycles. The summed E-state index contributed by atoms with van der Waals surface area (Å²) in [5.74, 6) is -0.175. The molecule has 0 unspecified atom stereocenters. The number of ketones is 1. The van der Waals surface area contributed by atoms with E-state index in [9.17, 15) is 18.1 Å². The van der Waals surface area contributed by atoms with Gasteiger partial charge in [0.1, 0.15) is 10.6 Å². The maximum atomic E-state index is 12.3. The Kier molecular flexibility index (Phi) is 4.13. The van der Waals surface area contributed by atoms with Crippen LogP contribution in [0.25, 0.3) is 0 Å². The molecule has 2 rings (SSSR count). The Morgan fingerprint density at radius 2 is 1.81 bits per heavy atom. The number of nitrogens with one attached hydrogen (secondary N) is 1. The van der Waals surface area contributed by atoms with Gasteiger partial charge in [-0.25, -0.2) is 8.42 Å². The van der Waals surface area contributed by atoms with Gasteiger partial charge in [-0.3, -0.25) is 9.52 Å². The van der Waals surface area contributed by atoms with Gasteiger partial charge in [0, 0.05) is 11.3 Å². The Morgan fingerprint density at radius 1 is 1.10 bits per heavy atom. The number of rotatable bonds is 5. The largest absolute Gasteiger partial charge is 0.295 e. The lowest BCUT2D eigenvalue weighted by Gasteiger charge is -2.09. The highest BCUT2D eigenvalue weighted by atomic mass is 32.2. The van der Waals surface area contributed by atoms with Gasteiger partial charge >= 0.3 is 0 Å². The Hall–Kier alpha value is -2.54. The zero-order valence-electron chi connectivity index (χ0n) is 11.1. The lowest BCUT2D eigenvalue weighted by atomic mass is 10.1. The van der Waals surface area contributed by atoms with Gasteiger partial charge in [0.05, 0.1) is 0 Å². The number of anilines is 1. The third-order valence-electron chi connectivity index (χ3n) is 2.77. The zero-order valence-corrected chi connectivity index (χ0v) is 11.9. The fourth-order valence-corrected chi connectivity index (χ4v) is 2.96. The third-order valence-corrected chi connectivity index (χ3v) is 4.20. The summed E-state index contributed by atoms with van der Waals surface area (Å²) in [5.41, 5.74) is 0.452. The molecule has 0 aliphatic rings. The third kappa shape index (κ3) is 3.32. The number of nitrogens with zero attached hydrogens (tertiary/aromatic N) is 1. The van der Waals surface area contributed by atoms with E-state index < -0.39 is 10.0 Å². The molecule has 21 heavy (non-hydrogen) atoms. The maximum Gasteiger partial charge on any atom is 0.264 e. The molecule has 6 nitrogen and oxygen atoms in total. The van der Waals surface area contributed by atoms with E-state index in [1.54, 1.807) is 12.1 Å². The van der Waals surface area contributed by atoms with Crippen molar-refractivity contribution in [3.63, 3.8) is 0 Å². The van der Waals surface area contributed by atoms with Crippen LogP contribution in [-0.2, 0) is 10.0 Å². The summed E-state index contributed by atoms with van der Waals surface area (Å²) in [6, 6.07) is 11.7. The second-order valence-electron chi connectivity index (χ2n) is 4.30. The van der Waals surface area contributed by atoms with Gasteiger partial charge in [-0.15, -0.1) is 4.91 Å². The van der Waals surface area contributed by atoms with E-state index in [0.717, 1.165) is 0 Å². The Balaban J connectivity index is 2.40. The molecule has 0 heterocycles. The van der Waals surface area contributed by atoms with E-state index in [2.05, 4.69) is 9.90 Å². The predicted molar refractivity (Wildman–Crippen MR) is 79.2 cm³/mol. The van der Waals surface area contributed by atoms with Gasteiger partial charge in [0.2, 0.25) is 0 Å². The molecule has 2 aromatic carbocycles. The quantitative estimate of drug-likeness (QED) is 0.678. The summed E-state index contributed by atoms with van der Waals surface area (Å²) in [4.78, 5) is 21.8. The Labute approximate surface area is 121 Å². The van der Waals surface area contributed by atoms with Crippen LogP contribution in [0.2, 0.25) is 0 Å². The monoisotopic (exact) mass is 304 g/mol. The van der Waals surface area contributed by atoms with Gasteiger partial charge < -0.3 is 0 Å². The number of carbonyl (C=O) groups is 1. The average Bonchev–Trinajstić information content (AvgIpc) is 2.47. The Bertz CT molecular complexity index is 800. The molecule has 0 aromatic heterocycles. The van der Waals surface area contributed by atoms with E-state index in [0.29, 0.717) is 5.56 Å².